The molecular formula is C19H16N4O3. The Morgan fingerprint density at radius 2 is 1.96 bits per heavy atom. The molecule has 0 atom stereocenters. The highest BCUT2D eigenvalue weighted by molar-refractivity contribution is 6.02. The summed E-state index contributed by atoms with van der Waals surface area (Å²) in [7, 11) is 0. The lowest BCUT2D eigenvalue weighted by molar-refractivity contribution is -0.384. The van der Waals surface area contributed by atoms with Gasteiger partial charge in [0.05, 0.1) is 18.0 Å². The average Bonchev–Trinajstić information content (AvgIpc) is 3.04. The monoisotopic (exact) mass is 348 g/mol. The van der Waals surface area contributed by atoms with Crippen LogP contribution in [0.1, 0.15) is 17.7 Å². The molecule has 130 valence electrons. The second-order valence-electron chi connectivity index (χ2n) is 6.51. The molecule has 1 aromatic heterocycles. The van der Waals surface area contributed by atoms with E-state index in [1.807, 2.05) is 42.2 Å². The van der Waals surface area contributed by atoms with Crippen molar-refractivity contribution in [3.8, 4) is 11.8 Å². The number of aromatic nitrogens is 1. The smallest absolute Gasteiger partial charge is 0.311 e. The molecule has 2 aromatic rings. The number of rotatable bonds is 2. The number of anilines is 1. The fourth-order valence-corrected chi connectivity index (χ4v) is 3.13. The largest absolute Gasteiger partial charge is 0.384 e. The second kappa shape index (κ2) is 6.15. The third-order valence-electron chi connectivity index (χ3n) is 4.41. The molecule has 1 aromatic carbocycles. The number of pyridine rings is 1. The number of hydrogen-bond donors (Lipinski definition) is 0. The number of hydrogen-bond acceptors (Lipinski definition) is 6. The van der Waals surface area contributed by atoms with Gasteiger partial charge in [0, 0.05) is 23.7 Å². The third kappa shape index (κ3) is 2.97. The highest BCUT2D eigenvalue weighted by atomic mass is 16.7. The van der Waals surface area contributed by atoms with Crippen molar-refractivity contribution in [2.24, 2.45) is 5.16 Å². The van der Waals surface area contributed by atoms with Crippen molar-refractivity contribution in [2.75, 3.05) is 18.0 Å². The van der Waals surface area contributed by atoms with Gasteiger partial charge in [0.25, 0.3) is 0 Å². The van der Waals surface area contributed by atoms with Crippen molar-refractivity contribution in [3.63, 3.8) is 0 Å². The van der Waals surface area contributed by atoms with E-state index in [9.17, 15) is 10.1 Å². The van der Waals surface area contributed by atoms with Crippen LogP contribution in [-0.4, -0.2) is 34.3 Å². The summed E-state index contributed by atoms with van der Waals surface area (Å²) in [5, 5.41) is 15.3. The zero-order valence-corrected chi connectivity index (χ0v) is 14.2. The number of nitrogens with zero attached hydrogens (tertiary/aromatic N) is 4. The zero-order chi connectivity index (χ0) is 18.1. The highest BCUT2D eigenvalue weighted by Gasteiger charge is 2.51. The van der Waals surface area contributed by atoms with Gasteiger partial charge in [0.1, 0.15) is 5.71 Å². The molecule has 0 saturated carbocycles. The fourth-order valence-electron chi connectivity index (χ4n) is 3.13. The number of aryl methyl sites for hydroxylation is 1. The topological polar surface area (TPSA) is 80.9 Å². The van der Waals surface area contributed by atoms with E-state index in [0.29, 0.717) is 31.0 Å². The Balaban J connectivity index is 1.44. The standard InChI is InChI=1S/C19H16N4O3/c1-14-7-10-17(23(24)25)18(20-14)22-12-19(13-22)11-16(21-26-19)9-8-15-5-3-2-4-6-15/h2-7,10H,11-13H2,1H3. The van der Waals surface area contributed by atoms with Crippen LogP contribution in [0.25, 0.3) is 0 Å². The van der Waals surface area contributed by atoms with Gasteiger partial charge in [-0.2, -0.15) is 0 Å². The average molecular weight is 348 g/mol. The van der Waals surface area contributed by atoms with Crippen LogP contribution in [0.2, 0.25) is 0 Å². The van der Waals surface area contributed by atoms with Crippen LogP contribution < -0.4 is 4.90 Å². The molecule has 4 rings (SSSR count). The number of nitro groups is 1. The normalized spacial score (nSPS) is 17.0. The van der Waals surface area contributed by atoms with Crippen LogP contribution in [0.3, 0.4) is 0 Å². The molecule has 2 aliphatic rings. The van der Waals surface area contributed by atoms with Gasteiger partial charge in [-0.15, -0.1) is 0 Å². The molecule has 2 aliphatic heterocycles. The van der Waals surface area contributed by atoms with Crippen molar-refractivity contribution < 1.29 is 9.76 Å². The van der Waals surface area contributed by atoms with Crippen LogP contribution in [0.4, 0.5) is 11.5 Å². The molecule has 1 saturated heterocycles. The van der Waals surface area contributed by atoms with Crippen molar-refractivity contribution in [1.29, 1.82) is 0 Å². The lowest BCUT2D eigenvalue weighted by atomic mass is 9.88. The molecule has 0 amide bonds. The van der Waals surface area contributed by atoms with Crippen molar-refractivity contribution in [3.05, 3.63) is 63.8 Å². The molecule has 0 aliphatic carbocycles. The van der Waals surface area contributed by atoms with Gasteiger partial charge >= 0.3 is 5.69 Å². The quantitative estimate of drug-likeness (QED) is 0.473. The van der Waals surface area contributed by atoms with Crippen LogP contribution in [-0.2, 0) is 4.84 Å². The first-order valence-electron chi connectivity index (χ1n) is 8.24. The Morgan fingerprint density at radius 1 is 1.19 bits per heavy atom. The van der Waals surface area contributed by atoms with E-state index in [4.69, 9.17) is 4.84 Å². The minimum absolute atomic E-state index is 0.00783. The minimum Gasteiger partial charge on any atom is -0.384 e. The predicted molar refractivity (Wildman–Crippen MR) is 97.0 cm³/mol. The Morgan fingerprint density at radius 3 is 2.69 bits per heavy atom. The van der Waals surface area contributed by atoms with Crippen LogP contribution in [0.5, 0.6) is 0 Å². The Labute approximate surface area is 150 Å². The highest BCUT2D eigenvalue weighted by Crippen LogP contribution is 2.39. The van der Waals surface area contributed by atoms with E-state index in [-0.39, 0.29) is 5.69 Å². The lowest BCUT2D eigenvalue weighted by Crippen LogP contribution is -2.62. The first kappa shape index (κ1) is 16.1. The molecule has 7 nitrogen and oxygen atoms in total. The summed E-state index contributed by atoms with van der Waals surface area (Å²) in [6.07, 6.45) is 0.600. The van der Waals surface area contributed by atoms with E-state index >= 15 is 0 Å². The maximum atomic E-state index is 11.2. The molecule has 7 heteroatoms. The maximum Gasteiger partial charge on any atom is 0.311 e. The summed E-state index contributed by atoms with van der Waals surface area (Å²) in [6.45, 7) is 2.82. The van der Waals surface area contributed by atoms with Gasteiger partial charge in [0.2, 0.25) is 5.82 Å². The minimum atomic E-state index is -0.458. The summed E-state index contributed by atoms with van der Waals surface area (Å²) < 4.78 is 0. The SMILES string of the molecule is Cc1ccc([N+](=O)[O-])c(N2CC3(CC(C#Cc4ccccc4)=NO3)C2)n1. The lowest BCUT2D eigenvalue weighted by Gasteiger charge is -2.45. The molecule has 1 fully saturated rings. The second-order valence-corrected chi connectivity index (χ2v) is 6.51. The molecule has 0 radical (unpaired) electrons. The third-order valence-corrected chi connectivity index (χ3v) is 4.41. The summed E-state index contributed by atoms with van der Waals surface area (Å²) >= 11 is 0. The van der Waals surface area contributed by atoms with Crippen LogP contribution in [0, 0.1) is 28.9 Å². The van der Waals surface area contributed by atoms with Crippen molar-refractivity contribution in [1.82, 2.24) is 4.98 Å². The molecular weight excluding hydrogens is 332 g/mol. The first-order valence-corrected chi connectivity index (χ1v) is 8.24. The molecule has 0 bridgehead atoms. The molecule has 0 unspecified atom stereocenters. The van der Waals surface area contributed by atoms with Crippen LogP contribution >= 0.6 is 0 Å². The van der Waals surface area contributed by atoms with Crippen molar-refractivity contribution in [2.45, 2.75) is 18.9 Å². The van der Waals surface area contributed by atoms with Gasteiger partial charge in [0.15, 0.2) is 5.60 Å². The van der Waals surface area contributed by atoms with Gasteiger partial charge in [-0.05, 0) is 31.0 Å². The molecule has 26 heavy (non-hydrogen) atoms. The van der Waals surface area contributed by atoms with E-state index in [1.54, 1.807) is 6.07 Å². The van der Waals surface area contributed by atoms with E-state index in [2.05, 4.69) is 22.0 Å². The summed E-state index contributed by atoms with van der Waals surface area (Å²) in [6, 6.07) is 12.8. The molecule has 1 spiro atoms. The van der Waals surface area contributed by atoms with Crippen molar-refractivity contribution >= 4 is 17.2 Å². The fraction of sp³-hybridized carbons (Fsp3) is 0.263. The van der Waals surface area contributed by atoms with Crippen LogP contribution in [0.15, 0.2) is 47.6 Å². The van der Waals surface area contributed by atoms with Gasteiger partial charge in [-0.3, -0.25) is 10.1 Å². The van der Waals surface area contributed by atoms with E-state index < -0.39 is 10.5 Å². The summed E-state index contributed by atoms with van der Waals surface area (Å²) in [5.74, 6) is 6.50. The summed E-state index contributed by atoms with van der Waals surface area (Å²) in [5.41, 5.74) is 1.91. The predicted octanol–water partition coefficient (Wildman–Crippen LogP) is 2.69. The zero-order valence-electron chi connectivity index (χ0n) is 14.2. The Hall–Kier alpha value is -3.40. The molecule has 3 heterocycles. The van der Waals surface area contributed by atoms with E-state index in [1.165, 1.54) is 6.07 Å². The Bertz CT molecular complexity index is 954. The Kier molecular flexibility index (Phi) is 3.81. The molecule has 0 N–H and O–H groups in total. The van der Waals surface area contributed by atoms with E-state index in [0.717, 1.165) is 11.3 Å². The first-order chi connectivity index (χ1) is 12.5. The number of oxime groups is 1. The number of benzene rings is 1. The van der Waals surface area contributed by atoms with Gasteiger partial charge in [-0.25, -0.2) is 4.98 Å². The van der Waals surface area contributed by atoms with Gasteiger partial charge in [-0.1, -0.05) is 29.3 Å². The maximum absolute atomic E-state index is 11.2. The summed E-state index contributed by atoms with van der Waals surface area (Å²) in [4.78, 5) is 22.6. The van der Waals surface area contributed by atoms with Gasteiger partial charge < -0.3 is 9.74 Å².